The molecule has 0 aromatic carbocycles. The second kappa shape index (κ2) is 4.47. The minimum atomic E-state index is -0.382. The molecule has 6 heteroatoms. The lowest BCUT2D eigenvalue weighted by Gasteiger charge is -2.15. The molecule has 0 bridgehead atoms. The maximum Gasteiger partial charge on any atom is 0.267 e. The Kier molecular flexibility index (Phi) is 3.20. The van der Waals surface area contributed by atoms with E-state index in [1.54, 1.807) is 4.90 Å². The monoisotopic (exact) mass is 241 g/mol. The number of carbonyl (C=O) groups is 1. The molecule has 2 heterocycles. The third kappa shape index (κ3) is 2.08. The smallest absolute Gasteiger partial charge is 0.267 e. The minimum absolute atomic E-state index is 0.0461. The van der Waals surface area contributed by atoms with Crippen LogP contribution in [0, 0.1) is 0 Å². The maximum atomic E-state index is 12.1. The fourth-order valence-electron chi connectivity index (χ4n) is 1.79. The van der Waals surface area contributed by atoms with E-state index in [1.165, 1.54) is 0 Å². The zero-order valence-electron chi connectivity index (χ0n) is 9.38. The quantitative estimate of drug-likeness (QED) is 0.834. The fourth-order valence-corrected chi connectivity index (χ4v) is 2.58. The summed E-state index contributed by atoms with van der Waals surface area (Å²) in [6, 6.07) is 0. The van der Waals surface area contributed by atoms with Gasteiger partial charge in [0.05, 0.1) is 11.8 Å². The Morgan fingerprint density at radius 3 is 2.94 bits per heavy atom. The van der Waals surface area contributed by atoms with Gasteiger partial charge in [-0.05, 0) is 23.9 Å². The molecule has 2 rings (SSSR count). The number of hydrogen-bond donors (Lipinski definition) is 1. The lowest BCUT2D eigenvalue weighted by molar-refractivity contribution is 0.0768. The molecule has 5 nitrogen and oxygen atoms in total. The van der Waals surface area contributed by atoms with Crippen LogP contribution in [0.1, 0.15) is 41.6 Å². The van der Waals surface area contributed by atoms with Crippen LogP contribution < -0.4 is 0 Å². The van der Waals surface area contributed by atoms with Gasteiger partial charge in [0.25, 0.3) is 5.91 Å². The molecule has 1 aromatic heterocycles. The number of aromatic nitrogens is 2. The lowest BCUT2D eigenvalue weighted by atomic mass is 10.1. The summed E-state index contributed by atoms with van der Waals surface area (Å²) in [5, 5.41) is 13.4. The summed E-state index contributed by atoms with van der Waals surface area (Å²) in [7, 11) is 0. The molecule has 0 spiro atoms. The molecule has 88 valence electrons. The van der Waals surface area contributed by atoms with Gasteiger partial charge in [0.1, 0.15) is 4.88 Å². The van der Waals surface area contributed by atoms with Crippen LogP contribution in [-0.2, 0) is 0 Å². The van der Waals surface area contributed by atoms with Gasteiger partial charge in [-0.2, -0.15) is 0 Å². The summed E-state index contributed by atoms with van der Waals surface area (Å²) >= 11 is 1.14. The summed E-state index contributed by atoms with van der Waals surface area (Å²) < 4.78 is 3.84. The molecule has 0 radical (unpaired) electrons. The molecule has 1 fully saturated rings. The lowest BCUT2D eigenvalue weighted by Crippen LogP contribution is -2.29. The first-order valence-electron chi connectivity index (χ1n) is 5.39. The second-order valence-corrected chi connectivity index (χ2v) is 5.09. The zero-order valence-corrected chi connectivity index (χ0v) is 10.2. The Morgan fingerprint density at radius 2 is 2.38 bits per heavy atom. The molecule has 1 N–H and O–H groups in total. The Balaban J connectivity index is 2.17. The van der Waals surface area contributed by atoms with Crippen molar-refractivity contribution in [1.29, 1.82) is 0 Å². The summed E-state index contributed by atoms with van der Waals surface area (Å²) in [6.07, 6.45) is 0.280. The molecule has 1 atom stereocenters. The van der Waals surface area contributed by atoms with Crippen molar-refractivity contribution in [3.8, 4) is 0 Å². The van der Waals surface area contributed by atoms with E-state index in [-0.39, 0.29) is 17.9 Å². The Bertz CT molecular complexity index is 391. The molecule has 0 aliphatic carbocycles. The SMILES string of the molecule is CC(C)c1nnsc1C(=O)N1CC[C@H](O)C1. The Hall–Kier alpha value is -1.01. The maximum absolute atomic E-state index is 12.1. The highest BCUT2D eigenvalue weighted by Gasteiger charge is 2.29. The molecule has 1 aliphatic heterocycles. The first kappa shape index (κ1) is 11.5. The Morgan fingerprint density at radius 1 is 1.62 bits per heavy atom. The van der Waals surface area contributed by atoms with E-state index in [4.69, 9.17) is 0 Å². The van der Waals surface area contributed by atoms with Gasteiger partial charge in [0, 0.05) is 13.1 Å². The van der Waals surface area contributed by atoms with E-state index in [0.29, 0.717) is 24.4 Å². The largest absolute Gasteiger partial charge is 0.391 e. The predicted octanol–water partition coefficient (Wildman–Crippen LogP) is 0.868. The molecular formula is C10H15N3O2S. The Labute approximate surface area is 98.2 Å². The van der Waals surface area contributed by atoms with Gasteiger partial charge in [-0.25, -0.2) is 0 Å². The number of β-amino-alcohol motifs (C(OH)–C–C–N with tert-alkyl or cyclic N) is 1. The summed E-state index contributed by atoms with van der Waals surface area (Å²) in [5.74, 6) is 0.153. The molecule has 1 amide bonds. The molecule has 1 aliphatic rings. The van der Waals surface area contributed by atoms with Crippen molar-refractivity contribution >= 4 is 17.4 Å². The van der Waals surface area contributed by atoms with Gasteiger partial charge < -0.3 is 10.0 Å². The molecule has 16 heavy (non-hydrogen) atoms. The number of carbonyl (C=O) groups excluding carboxylic acids is 1. The number of likely N-dealkylation sites (tertiary alicyclic amines) is 1. The summed E-state index contributed by atoms with van der Waals surface area (Å²) in [6.45, 7) is 5.03. The van der Waals surface area contributed by atoms with E-state index in [9.17, 15) is 9.90 Å². The van der Waals surface area contributed by atoms with E-state index in [1.807, 2.05) is 13.8 Å². The number of aliphatic hydroxyl groups excluding tert-OH is 1. The summed E-state index contributed by atoms with van der Waals surface area (Å²) in [5.41, 5.74) is 0.761. The van der Waals surface area contributed by atoms with Crippen LogP contribution in [0.5, 0.6) is 0 Å². The first-order chi connectivity index (χ1) is 7.59. The van der Waals surface area contributed by atoms with E-state index in [2.05, 4.69) is 9.59 Å². The number of nitrogens with zero attached hydrogens (tertiary/aromatic N) is 3. The number of hydrogen-bond acceptors (Lipinski definition) is 5. The van der Waals surface area contributed by atoms with Crippen LogP contribution in [0.4, 0.5) is 0 Å². The van der Waals surface area contributed by atoms with Crippen LogP contribution in [0.3, 0.4) is 0 Å². The molecule has 0 unspecified atom stereocenters. The van der Waals surface area contributed by atoms with Gasteiger partial charge in [0.15, 0.2) is 0 Å². The van der Waals surface area contributed by atoms with Crippen LogP contribution in [0.15, 0.2) is 0 Å². The molecule has 1 saturated heterocycles. The van der Waals surface area contributed by atoms with Crippen molar-refractivity contribution in [3.63, 3.8) is 0 Å². The number of amides is 1. The van der Waals surface area contributed by atoms with Crippen molar-refractivity contribution in [2.24, 2.45) is 0 Å². The average molecular weight is 241 g/mol. The zero-order chi connectivity index (χ0) is 11.7. The molecule has 0 saturated carbocycles. The van der Waals surface area contributed by atoms with Gasteiger partial charge >= 0.3 is 0 Å². The van der Waals surface area contributed by atoms with Gasteiger partial charge in [-0.15, -0.1) is 5.10 Å². The van der Waals surface area contributed by atoms with E-state index in [0.717, 1.165) is 17.2 Å². The van der Waals surface area contributed by atoms with Crippen molar-refractivity contribution in [2.75, 3.05) is 13.1 Å². The highest BCUT2D eigenvalue weighted by atomic mass is 32.1. The normalized spacial score (nSPS) is 20.8. The highest BCUT2D eigenvalue weighted by molar-refractivity contribution is 7.08. The highest BCUT2D eigenvalue weighted by Crippen LogP contribution is 2.23. The van der Waals surface area contributed by atoms with Crippen LogP contribution in [0.2, 0.25) is 0 Å². The average Bonchev–Trinajstić information content (AvgIpc) is 2.84. The van der Waals surface area contributed by atoms with Gasteiger partial charge in [-0.1, -0.05) is 18.3 Å². The second-order valence-electron chi connectivity index (χ2n) is 4.34. The van der Waals surface area contributed by atoms with Gasteiger partial charge in [-0.3, -0.25) is 4.79 Å². The van der Waals surface area contributed by atoms with Crippen LogP contribution >= 0.6 is 11.5 Å². The van der Waals surface area contributed by atoms with Crippen LogP contribution in [0.25, 0.3) is 0 Å². The molecule has 1 aromatic rings. The van der Waals surface area contributed by atoms with Crippen molar-refractivity contribution in [1.82, 2.24) is 14.5 Å². The van der Waals surface area contributed by atoms with Gasteiger partial charge in [0.2, 0.25) is 0 Å². The van der Waals surface area contributed by atoms with E-state index < -0.39 is 0 Å². The van der Waals surface area contributed by atoms with Crippen molar-refractivity contribution in [2.45, 2.75) is 32.3 Å². The topological polar surface area (TPSA) is 66.3 Å². The van der Waals surface area contributed by atoms with E-state index >= 15 is 0 Å². The van der Waals surface area contributed by atoms with Crippen molar-refractivity contribution < 1.29 is 9.90 Å². The minimum Gasteiger partial charge on any atom is -0.391 e. The number of aliphatic hydroxyl groups is 1. The molecular weight excluding hydrogens is 226 g/mol. The fraction of sp³-hybridized carbons (Fsp3) is 0.700. The first-order valence-corrected chi connectivity index (χ1v) is 6.16. The third-order valence-corrected chi connectivity index (χ3v) is 3.43. The van der Waals surface area contributed by atoms with Crippen LogP contribution in [-0.4, -0.2) is 44.7 Å². The predicted molar refractivity (Wildman–Crippen MR) is 60.5 cm³/mol. The van der Waals surface area contributed by atoms with Crippen molar-refractivity contribution in [3.05, 3.63) is 10.6 Å². The number of rotatable bonds is 2. The standard InChI is InChI=1S/C10H15N3O2S/c1-6(2)8-9(16-12-11-8)10(15)13-4-3-7(14)5-13/h6-7,14H,3-5H2,1-2H3/t7-/m0/s1. The third-order valence-electron chi connectivity index (χ3n) is 2.71. The summed E-state index contributed by atoms with van der Waals surface area (Å²) in [4.78, 5) is 14.4.